The van der Waals surface area contributed by atoms with Crippen molar-refractivity contribution in [3.8, 4) is 0 Å². The number of aromatic nitrogens is 4. The first-order valence-electron chi connectivity index (χ1n) is 7.99. The molecule has 0 amide bonds. The van der Waals surface area contributed by atoms with Crippen LogP contribution in [0.2, 0.25) is 0 Å². The summed E-state index contributed by atoms with van der Waals surface area (Å²) in [6, 6.07) is 2.09. The van der Waals surface area contributed by atoms with Gasteiger partial charge in [-0.1, -0.05) is 16.9 Å². The zero-order valence-electron chi connectivity index (χ0n) is 12.8. The van der Waals surface area contributed by atoms with Crippen LogP contribution in [0.15, 0.2) is 15.7 Å². The van der Waals surface area contributed by atoms with E-state index in [2.05, 4.69) is 38.4 Å². The molecule has 118 valence electrons. The molecule has 1 N–H and O–H groups in total. The normalized spacial score (nSPS) is 22.1. The number of nitrogens with zero attached hydrogens (tertiary/aromatic N) is 4. The van der Waals surface area contributed by atoms with Gasteiger partial charge < -0.3 is 14.4 Å². The van der Waals surface area contributed by atoms with E-state index in [0.29, 0.717) is 11.8 Å². The monoisotopic (exact) mass is 319 g/mol. The molecule has 0 aromatic carbocycles. The van der Waals surface area contributed by atoms with Gasteiger partial charge in [0.2, 0.25) is 0 Å². The van der Waals surface area contributed by atoms with Crippen molar-refractivity contribution in [2.24, 2.45) is 7.05 Å². The van der Waals surface area contributed by atoms with Crippen molar-refractivity contribution >= 4 is 11.8 Å². The molecule has 1 saturated carbocycles. The molecule has 2 aliphatic rings. The highest BCUT2D eigenvalue weighted by atomic mass is 32.2. The number of nitrogens with one attached hydrogen (secondary N) is 1. The van der Waals surface area contributed by atoms with E-state index in [1.165, 1.54) is 25.7 Å². The van der Waals surface area contributed by atoms with Crippen LogP contribution in [-0.2, 0) is 12.8 Å². The van der Waals surface area contributed by atoms with Crippen LogP contribution in [0, 0.1) is 0 Å². The molecule has 2 aromatic heterocycles. The smallest absolute Gasteiger partial charge is 0.191 e. The predicted octanol–water partition coefficient (Wildman–Crippen LogP) is 2.44. The third kappa shape index (κ3) is 2.92. The highest BCUT2D eigenvalue weighted by Crippen LogP contribution is 2.40. The van der Waals surface area contributed by atoms with Crippen molar-refractivity contribution < 1.29 is 4.52 Å². The molecule has 1 atom stereocenters. The van der Waals surface area contributed by atoms with Gasteiger partial charge in [-0.2, -0.15) is 0 Å². The highest BCUT2D eigenvalue weighted by Gasteiger charge is 2.28. The molecule has 1 saturated heterocycles. The fourth-order valence-corrected chi connectivity index (χ4v) is 3.77. The first kappa shape index (κ1) is 14.3. The van der Waals surface area contributed by atoms with Gasteiger partial charge in [-0.15, -0.1) is 10.2 Å². The summed E-state index contributed by atoms with van der Waals surface area (Å²) in [4.78, 5) is 0. The predicted molar refractivity (Wildman–Crippen MR) is 83.9 cm³/mol. The van der Waals surface area contributed by atoms with Gasteiger partial charge in [0.25, 0.3) is 0 Å². The van der Waals surface area contributed by atoms with Gasteiger partial charge >= 0.3 is 0 Å². The van der Waals surface area contributed by atoms with E-state index < -0.39 is 0 Å². The molecule has 6 nitrogen and oxygen atoms in total. The van der Waals surface area contributed by atoms with E-state index in [9.17, 15) is 0 Å². The maximum absolute atomic E-state index is 5.39. The standard InChI is InChI=1S/C15H21N5OS/c1-20-14(11-3-2-6-16-8-11)17-18-15(20)22-9-12-7-13(21-19-12)10-4-5-10/h7,10-11,16H,2-6,8-9H2,1H3. The maximum Gasteiger partial charge on any atom is 0.191 e. The number of piperidine rings is 1. The summed E-state index contributed by atoms with van der Waals surface area (Å²) in [5, 5.41) is 17.3. The highest BCUT2D eigenvalue weighted by molar-refractivity contribution is 7.98. The lowest BCUT2D eigenvalue weighted by atomic mass is 9.99. The molecule has 3 heterocycles. The molecule has 7 heteroatoms. The van der Waals surface area contributed by atoms with Crippen molar-refractivity contribution in [3.63, 3.8) is 0 Å². The Morgan fingerprint density at radius 3 is 3.00 bits per heavy atom. The molecule has 0 spiro atoms. The summed E-state index contributed by atoms with van der Waals surface area (Å²) in [5.41, 5.74) is 0.996. The van der Waals surface area contributed by atoms with Gasteiger partial charge in [0.15, 0.2) is 5.16 Å². The van der Waals surface area contributed by atoms with Crippen LogP contribution in [0.25, 0.3) is 0 Å². The van der Waals surface area contributed by atoms with Crippen LogP contribution >= 0.6 is 11.8 Å². The minimum absolute atomic E-state index is 0.481. The van der Waals surface area contributed by atoms with Crippen LogP contribution < -0.4 is 5.32 Å². The molecular formula is C15H21N5OS. The zero-order valence-corrected chi connectivity index (χ0v) is 13.6. The van der Waals surface area contributed by atoms with E-state index >= 15 is 0 Å². The Bertz CT molecular complexity index is 642. The van der Waals surface area contributed by atoms with Crippen LogP contribution in [0.4, 0.5) is 0 Å². The lowest BCUT2D eigenvalue weighted by Gasteiger charge is -2.21. The van der Waals surface area contributed by atoms with Crippen LogP contribution in [-0.4, -0.2) is 33.0 Å². The molecule has 22 heavy (non-hydrogen) atoms. The summed E-state index contributed by atoms with van der Waals surface area (Å²) in [5.74, 6) is 4.02. The van der Waals surface area contributed by atoms with Crippen molar-refractivity contribution in [3.05, 3.63) is 23.3 Å². The Kier molecular flexibility index (Phi) is 3.92. The Morgan fingerprint density at radius 2 is 2.23 bits per heavy atom. The largest absolute Gasteiger partial charge is 0.361 e. The minimum Gasteiger partial charge on any atom is -0.361 e. The average molecular weight is 319 g/mol. The summed E-state index contributed by atoms with van der Waals surface area (Å²) >= 11 is 1.68. The van der Waals surface area contributed by atoms with Gasteiger partial charge in [-0.25, -0.2) is 0 Å². The van der Waals surface area contributed by atoms with Crippen molar-refractivity contribution in [1.82, 2.24) is 25.2 Å². The second-order valence-corrected chi connectivity index (χ2v) is 7.17. The molecule has 1 aliphatic heterocycles. The van der Waals surface area contributed by atoms with Crippen LogP contribution in [0.3, 0.4) is 0 Å². The third-order valence-electron chi connectivity index (χ3n) is 4.44. The van der Waals surface area contributed by atoms with E-state index in [0.717, 1.165) is 41.3 Å². The number of hydrogen-bond donors (Lipinski definition) is 1. The number of thioether (sulfide) groups is 1. The Hall–Kier alpha value is -1.34. The molecule has 4 rings (SSSR count). The van der Waals surface area contributed by atoms with Gasteiger partial charge in [-0.05, 0) is 32.2 Å². The topological polar surface area (TPSA) is 68.8 Å². The van der Waals surface area contributed by atoms with Crippen LogP contribution in [0.1, 0.15) is 54.8 Å². The molecule has 2 aromatic rings. The average Bonchev–Trinajstić information content (AvgIpc) is 3.18. The first-order valence-corrected chi connectivity index (χ1v) is 8.98. The summed E-state index contributed by atoms with van der Waals surface area (Å²) in [7, 11) is 2.06. The van der Waals surface area contributed by atoms with Gasteiger partial charge in [0.05, 0.1) is 5.69 Å². The fraction of sp³-hybridized carbons (Fsp3) is 0.667. The second kappa shape index (κ2) is 6.04. The van der Waals surface area contributed by atoms with E-state index in [1.807, 2.05) is 0 Å². The van der Waals surface area contributed by atoms with Gasteiger partial charge in [0, 0.05) is 37.2 Å². The number of hydrogen-bond acceptors (Lipinski definition) is 6. The summed E-state index contributed by atoms with van der Waals surface area (Å²) in [6.45, 7) is 2.12. The lowest BCUT2D eigenvalue weighted by molar-refractivity contribution is 0.380. The molecule has 1 unspecified atom stereocenters. The minimum atomic E-state index is 0.481. The molecule has 0 bridgehead atoms. The lowest BCUT2D eigenvalue weighted by Crippen LogP contribution is -2.29. The van der Waals surface area contributed by atoms with E-state index in [4.69, 9.17) is 4.52 Å². The number of rotatable bonds is 5. The van der Waals surface area contributed by atoms with E-state index in [1.54, 1.807) is 11.8 Å². The van der Waals surface area contributed by atoms with Crippen molar-refractivity contribution in [1.29, 1.82) is 0 Å². The zero-order chi connectivity index (χ0) is 14.9. The van der Waals surface area contributed by atoms with Gasteiger partial charge in [-0.3, -0.25) is 0 Å². The second-order valence-electron chi connectivity index (χ2n) is 6.23. The first-order chi connectivity index (χ1) is 10.8. The summed E-state index contributed by atoms with van der Waals surface area (Å²) < 4.78 is 7.52. The SMILES string of the molecule is Cn1c(SCc2cc(C3CC3)on2)nnc1C1CCCNC1. The molecule has 0 radical (unpaired) electrons. The van der Waals surface area contributed by atoms with Crippen LogP contribution in [0.5, 0.6) is 0 Å². The third-order valence-corrected chi connectivity index (χ3v) is 5.49. The molecule has 2 fully saturated rings. The maximum atomic E-state index is 5.39. The molecular weight excluding hydrogens is 298 g/mol. The fourth-order valence-electron chi connectivity index (χ4n) is 2.97. The molecule has 1 aliphatic carbocycles. The summed E-state index contributed by atoms with van der Waals surface area (Å²) in [6.07, 6.45) is 4.88. The Balaban J connectivity index is 1.40. The van der Waals surface area contributed by atoms with E-state index in [-0.39, 0.29) is 0 Å². The Morgan fingerprint density at radius 1 is 1.32 bits per heavy atom. The van der Waals surface area contributed by atoms with Crippen molar-refractivity contribution in [2.75, 3.05) is 13.1 Å². The van der Waals surface area contributed by atoms with Crippen molar-refractivity contribution in [2.45, 2.75) is 48.4 Å². The Labute approximate surface area is 134 Å². The quantitative estimate of drug-likeness (QED) is 0.854. The van der Waals surface area contributed by atoms with Gasteiger partial charge in [0.1, 0.15) is 11.6 Å².